The zero-order chi connectivity index (χ0) is 13.5. The highest BCUT2D eigenvalue weighted by Crippen LogP contribution is 2.21. The third-order valence-corrected chi connectivity index (χ3v) is 3.38. The molecule has 1 atom stereocenters. The van der Waals surface area contributed by atoms with Crippen LogP contribution in [-0.2, 0) is 11.3 Å². The van der Waals surface area contributed by atoms with Crippen LogP contribution in [0, 0.1) is 11.6 Å². The van der Waals surface area contributed by atoms with E-state index in [1.165, 1.54) is 12.1 Å². The Bertz CT molecular complexity index is 393. The molecule has 1 aromatic carbocycles. The lowest BCUT2D eigenvalue weighted by Crippen LogP contribution is -2.21. The van der Waals surface area contributed by atoms with Crippen molar-refractivity contribution in [1.29, 1.82) is 0 Å². The summed E-state index contributed by atoms with van der Waals surface area (Å²) in [6, 6.07) is 2.58. The second-order valence-electron chi connectivity index (χ2n) is 3.84. The summed E-state index contributed by atoms with van der Waals surface area (Å²) in [4.78, 5) is 0. The Morgan fingerprint density at radius 2 is 2.17 bits per heavy atom. The Morgan fingerprint density at radius 1 is 1.44 bits per heavy atom. The number of halogens is 4. The molecule has 102 valence electrons. The minimum atomic E-state index is -0.568. The summed E-state index contributed by atoms with van der Waals surface area (Å²) in [7, 11) is 1.58. The number of benzene rings is 1. The molecule has 0 fully saturated rings. The van der Waals surface area contributed by atoms with Crippen LogP contribution >= 0.6 is 27.5 Å². The number of hydrogen-bond donors (Lipinski definition) is 1. The molecule has 0 aromatic heterocycles. The van der Waals surface area contributed by atoms with Crippen LogP contribution in [0.5, 0.6) is 0 Å². The van der Waals surface area contributed by atoms with Crippen molar-refractivity contribution in [2.75, 3.05) is 20.3 Å². The average Bonchev–Trinajstić information content (AvgIpc) is 2.33. The van der Waals surface area contributed by atoms with Crippen molar-refractivity contribution in [2.45, 2.75) is 18.3 Å². The van der Waals surface area contributed by atoms with Crippen molar-refractivity contribution in [3.63, 3.8) is 0 Å². The molecule has 2 nitrogen and oxygen atoms in total. The number of ether oxygens (including phenoxy) is 1. The minimum absolute atomic E-state index is 0.0299. The molecule has 0 spiro atoms. The monoisotopic (exact) mass is 341 g/mol. The zero-order valence-corrected chi connectivity index (χ0v) is 12.3. The summed E-state index contributed by atoms with van der Waals surface area (Å²) in [5.41, 5.74) is 0.0299. The fraction of sp³-hybridized carbons (Fsp3) is 0.500. The summed E-state index contributed by atoms with van der Waals surface area (Å²) in [5, 5.41) is 2.86. The number of rotatable bonds is 7. The molecular formula is C12H15BrClF2NO. The predicted octanol–water partition coefficient (Wildman–Crippen LogP) is 3.46. The van der Waals surface area contributed by atoms with Crippen LogP contribution in [-0.4, -0.2) is 25.6 Å². The summed E-state index contributed by atoms with van der Waals surface area (Å²) in [6.07, 6.45) is 0.673. The van der Waals surface area contributed by atoms with E-state index < -0.39 is 11.6 Å². The standard InChI is InChI=1S/C12H15BrClF2NO/c1-18-7-8(14)4-5-17-6-9-11(15)3-2-10(13)12(9)16/h2-3,8,17H,4-7H2,1H3. The van der Waals surface area contributed by atoms with E-state index in [4.69, 9.17) is 16.3 Å². The van der Waals surface area contributed by atoms with Gasteiger partial charge in [0, 0.05) is 19.2 Å². The molecule has 6 heteroatoms. The topological polar surface area (TPSA) is 21.3 Å². The Balaban J connectivity index is 2.42. The van der Waals surface area contributed by atoms with Crippen molar-refractivity contribution < 1.29 is 13.5 Å². The van der Waals surface area contributed by atoms with Gasteiger partial charge in [0.25, 0.3) is 0 Å². The lowest BCUT2D eigenvalue weighted by Gasteiger charge is -2.10. The van der Waals surface area contributed by atoms with Crippen LogP contribution < -0.4 is 5.32 Å². The van der Waals surface area contributed by atoms with Crippen molar-refractivity contribution >= 4 is 27.5 Å². The van der Waals surface area contributed by atoms with E-state index in [2.05, 4.69) is 21.2 Å². The average molecular weight is 343 g/mol. The lowest BCUT2D eigenvalue weighted by atomic mass is 10.2. The van der Waals surface area contributed by atoms with Gasteiger partial charge in [0.2, 0.25) is 0 Å². The first kappa shape index (κ1) is 15.8. The number of methoxy groups -OCH3 is 1. The van der Waals surface area contributed by atoms with Gasteiger partial charge in [-0.05, 0) is 41.0 Å². The predicted molar refractivity (Wildman–Crippen MR) is 71.9 cm³/mol. The van der Waals surface area contributed by atoms with Gasteiger partial charge in [0.15, 0.2) is 0 Å². The van der Waals surface area contributed by atoms with E-state index in [9.17, 15) is 8.78 Å². The molecule has 1 aromatic rings. The number of hydrogen-bond acceptors (Lipinski definition) is 2. The Kier molecular flexibility index (Phi) is 7.07. The second kappa shape index (κ2) is 8.04. The summed E-state index contributed by atoms with van der Waals surface area (Å²) < 4.78 is 32.1. The van der Waals surface area contributed by atoms with Gasteiger partial charge in [-0.2, -0.15) is 0 Å². The van der Waals surface area contributed by atoms with Gasteiger partial charge in [-0.15, -0.1) is 11.6 Å². The van der Waals surface area contributed by atoms with Crippen molar-refractivity contribution in [3.05, 3.63) is 33.8 Å². The maximum Gasteiger partial charge on any atom is 0.144 e. The van der Waals surface area contributed by atoms with Gasteiger partial charge >= 0.3 is 0 Å². The summed E-state index contributed by atoms with van der Waals surface area (Å²) >= 11 is 8.96. The van der Waals surface area contributed by atoms with E-state index in [0.717, 1.165) is 0 Å². The van der Waals surface area contributed by atoms with Gasteiger partial charge in [-0.25, -0.2) is 8.78 Å². The lowest BCUT2D eigenvalue weighted by molar-refractivity contribution is 0.195. The molecule has 0 bridgehead atoms. The van der Waals surface area contributed by atoms with E-state index in [0.29, 0.717) is 19.6 Å². The maximum atomic E-state index is 13.6. The zero-order valence-electron chi connectivity index (χ0n) is 9.98. The molecule has 0 heterocycles. The van der Waals surface area contributed by atoms with Gasteiger partial charge < -0.3 is 10.1 Å². The molecule has 0 saturated carbocycles. The van der Waals surface area contributed by atoms with E-state index in [-0.39, 0.29) is 22.0 Å². The first-order chi connectivity index (χ1) is 8.56. The molecule has 0 amide bonds. The van der Waals surface area contributed by atoms with E-state index in [1.54, 1.807) is 7.11 Å². The molecule has 1 rings (SSSR count). The van der Waals surface area contributed by atoms with Crippen LogP contribution in [0.25, 0.3) is 0 Å². The van der Waals surface area contributed by atoms with Crippen LogP contribution in [0.4, 0.5) is 8.78 Å². The Labute approximate surface area is 119 Å². The highest BCUT2D eigenvalue weighted by atomic mass is 79.9. The second-order valence-corrected chi connectivity index (χ2v) is 5.31. The summed E-state index contributed by atoms with van der Waals surface area (Å²) in [5.74, 6) is -1.12. The number of nitrogens with one attached hydrogen (secondary N) is 1. The Hall–Kier alpha value is -0.230. The molecule has 1 unspecified atom stereocenters. The van der Waals surface area contributed by atoms with Crippen molar-refractivity contribution in [3.8, 4) is 0 Å². The fourth-order valence-electron chi connectivity index (χ4n) is 1.47. The van der Waals surface area contributed by atoms with Gasteiger partial charge in [-0.3, -0.25) is 0 Å². The van der Waals surface area contributed by atoms with Crippen LogP contribution in [0.1, 0.15) is 12.0 Å². The SMILES string of the molecule is COCC(Cl)CCNCc1c(F)ccc(Br)c1F. The third kappa shape index (κ3) is 4.80. The molecule has 0 aliphatic carbocycles. The normalized spacial score (nSPS) is 12.7. The molecular weight excluding hydrogens is 327 g/mol. The van der Waals surface area contributed by atoms with E-state index >= 15 is 0 Å². The first-order valence-electron chi connectivity index (χ1n) is 5.52. The summed E-state index contributed by atoms with van der Waals surface area (Å²) in [6.45, 7) is 1.17. The van der Waals surface area contributed by atoms with E-state index in [1.807, 2.05) is 0 Å². The van der Waals surface area contributed by atoms with Gasteiger partial charge in [-0.1, -0.05) is 0 Å². The van der Waals surface area contributed by atoms with Crippen LogP contribution in [0.3, 0.4) is 0 Å². The molecule has 18 heavy (non-hydrogen) atoms. The molecule has 0 saturated heterocycles. The molecule has 0 aliphatic heterocycles. The molecule has 0 aliphatic rings. The van der Waals surface area contributed by atoms with Crippen molar-refractivity contribution in [2.24, 2.45) is 0 Å². The minimum Gasteiger partial charge on any atom is -0.383 e. The van der Waals surface area contributed by atoms with Crippen LogP contribution in [0.15, 0.2) is 16.6 Å². The van der Waals surface area contributed by atoms with Crippen LogP contribution in [0.2, 0.25) is 0 Å². The molecule has 0 radical (unpaired) electrons. The largest absolute Gasteiger partial charge is 0.383 e. The quantitative estimate of drug-likeness (QED) is 0.465. The molecule has 1 N–H and O–H groups in total. The highest BCUT2D eigenvalue weighted by Gasteiger charge is 2.12. The fourth-order valence-corrected chi connectivity index (χ4v) is 2.07. The van der Waals surface area contributed by atoms with Gasteiger partial charge in [0.05, 0.1) is 16.5 Å². The highest BCUT2D eigenvalue weighted by molar-refractivity contribution is 9.10. The van der Waals surface area contributed by atoms with Gasteiger partial charge in [0.1, 0.15) is 11.6 Å². The Morgan fingerprint density at radius 3 is 2.83 bits per heavy atom. The van der Waals surface area contributed by atoms with Crippen molar-refractivity contribution in [1.82, 2.24) is 5.32 Å². The smallest absolute Gasteiger partial charge is 0.144 e. The number of alkyl halides is 1. The maximum absolute atomic E-state index is 13.6. The first-order valence-corrected chi connectivity index (χ1v) is 6.75. The third-order valence-electron chi connectivity index (χ3n) is 2.42.